The number of halogens is 1. The summed E-state index contributed by atoms with van der Waals surface area (Å²) < 4.78 is 10.0. The van der Waals surface area contributed by atoms with E-state index in [-0.39, 0.29) is 23.7 Å². The molecule has 0 saturated heterocycles. The van der Waals surface area contributed by atoms with E-state index in [9.17, 15) is 9.59 Å². The molecule has 0 spiro atoms. The van der Waals surface area contributed by atoms with Crippen LogP contribution in [-0.4, -0.2) is 63.8 Å². The molecule has 1 amide bonds. The summed E-state index contributed by atoms with van der Waals surface area (Å²) in [5, 5.41) is 6.04. The van der Waals surface area contributed by atoms with Crippen molar-refractivity contribution in [3.63, 3.8) is 0 Å². The number of nitrogens with zero attached hydrogens (tertiary/aromatic N) is 3. The van der Waals surface area contributed by atoms with E-state index in [1.807, 2.05) is 55.1 Å². The second-order valence-electron chi connectivity index (χ2n) is 10.1. The summed E-state index contributed by atoms with van der Waals surface area (Å²) in [6.45, 7) is 9.70. The number of carbonyl (C=O) groups excluding carboxylic acids is 2. The molecule has 0 fully saturated rings. The first kappa shape index (κ1) is 27.5. The van der Waals surface area contributed by atoms with Crippen molar-refractivity contribution in [2.45, 2.75) is 39.7 Å². The maximum atomic E-state index is 13.6. The Morgan fingerprint density at radius 3 is 2.42 bits per heavy atom. The highest BCUT2D eigenvalue weighted by molar-refractivity contribution is 9.08. The number of ether oxygens (including phenoxy) is 1. The van der Waals surface area contributed by atoms with Crippen molar-refractivity contribution in [2.24, 2.45) is 4.02 Å². The zero-order valence-corrected chi connectivity index (χ0v) is 24.0. The number of nitrogens with one attached hydrogen (secondary N) is 2. The Morgan fingerprint density at radius 1 is 1.19 bits per heavy atom. The van der Waals surface area contributed by atoms with Gasteiger partial charge in [-0.3, -0.25) is 9.59 Å². The van der Waals surface area contributed by atoms with Gasteiger partial charge < -0.3 is 25.2 Å². The number of anilines is 2. The molecule has 0 atom stereocenters. The highest BCUT2D eigenvalue weighted by Gasteiger charge is 2.31. The number of methoxy groups -OCH3 is 1. The Morgan fingerprint density at radius 2 is 1.89 bits per heavy atom. The number of hydrogen-bond donors (Lipinski definition) is 2. The summed E-state index contributed by atoms with van der Waals surface area (Å²) in [6.07, 6.45) is 0. The van der Waals surface area contributed by atoms with Crippen LogP contribution < -0.4 is 20.3 Å². The molecule has 2 aromatic carbocycles. The third-order valence-electron chi connectivity index (χ3n) is 6.28. The van der Waals surface area contributed by atoms with E-state index in [0.29, 0.717) is 30.1 Å². The number of benzene rings is 2. The summed E-state index contributed by atoms with van der Waals surface area (Å²) in [7, 11) is 7.08. The Labute approximate surface area is 222 Å². The number of hydrogen-bond acceptors (Lipinski definition) is 6. The van der Waals surface area contributed by atoms with Gasteiger partial charge in [-0.1, -0.05) is 20.8 Å². The highest BCUT2D eigenvalue weighted by Crippen LogP contribution is 2.39. The monoisotopic (exact) mass is 557 g/mol. The molecule has 1 aliphatic heterocycles. The molecular formula is C27H36BrN5O3. The van der Waals surface area contributed by atoms with Crippen LogP contribution in [0.3, 0.4) is 0 Å². The number of fused-ring (bicyclic) bond motifs is 1. The van der Waals surface area contributed by atoms with Crippen LogP contribution in [0.1, 0.15) is 65.1 Å². The van der Waals surface area contributed by atoms with Crippen LogP contribution in [0.5, 0.6) is 5.75 Å². The van der Waals surface area contributed by atoms with Crippen LogP contribution in [-0.2, 0) is 12.0 Å². The van der Waals surface area contributed by atoms with Crippen molar-refractivity contribution in [3.8, 4) is 5.75 Å². The standard InChI is InChI=1S/C27H36BrN5O3/c1-9-30-21-11-16(10-20(24(21)36-8)27(2,3)4)23(34)15-33-14-17-12-22(32(6)7)19(26(35)29-5)13-18(17)25(33)31-28/h10-13,30H,9,14-15H2,1-8H3,(H,29,35)/b31-25-. The van der Waals surface area contributed by atoms with Gasteiger partial charge in [-0.15, -0.1) is 0 Å². The number of ketones is 1. The second kappa shape index (κ2) is 10.9. The van der Waals surface area contributed by atoms with Gasteiger partial charge in [0.25, 0.3) is 5.91 Å². The van der Waals surface area contributed by atoms with E-state index in [4.69, 9.17) is 4.74 Å². The van der Waals surface area contributed by atoms with E-state index < -0.39 is 0 Å². The molecule has 9 heteroatoms. The summed E-state index contributed by atoms with van der Waals surface area (Å²) in [5.41, 5.74) is 5.40. The molecule has 194 valence electrons. The maximum Gasteiger partial charge on any atom is 0.253 e. The molecule has 0 bridgehead atoms. The maximum absolute atomic E-state index is 13.6. The molecule has 36 heavy (non-hydrogen) atoms. The van der Waals surface area contributed by atoms with Gasteiger partial charge >= 0.3 is 0 Å². The molecule has 0 aromatic heterocycles. The van der Waals surface area contributed by atoms with Gasteiger partial charge in [0.1, 0.15) is 11.6 Å². The molecule has 2 N–H and O–H groups in total. The number of amides is 1. The molecule has 8 nitrogen and oxygen atoms in total. The predicted octanol–water partition coefficient (Wildman–Crippen LogP) is 4.61. The van der Waals surface area contributed by atoms with E-state index in [0.717, 1.165) is 33.8 Å². The van der Waals surface area contributed by atoms with Crippen molar-refractivity contribution < 1.29 is 14.3 Å². The lowest BCUT2D eigenvalue weighted by Crippen LogP contribution is -2.31. The van der Waals surface area contributed by atoms with Crippen LogP contribution in [0.15, 0.2) is 28.3 Å². The van der Waals surface area contributed by atoms with Crippen LogP contribution in [0.2, 0.25) is 0 Å². The molecule has 1 heterocycles. The minimum atomic E-state index is -0.211. The molecular weight excluding hydrogens is 522 g/mol. The Hall–Kier alpha value is -3.07. The van der Waals surface area contributed by atoms with Crippen molar-refractivity contribution >= 4 is 45.0 Å². The van der Waals surface area contributed by atoms with Crippen LogP contribution in [0.25, 0.3) is 0 Å². The fourth-order valence-corrected chi connectivity index (χ4v) is 4.91. The Bertz CT molecular complexity index is 1200. The number of Topliss-reactive ketones (excluding diaryl/α,β-unsaturated/α-hetero) is 1. The van der Waals surface area contributed by atoms with Crippen LogP contribution in [0.4, 0.5) is 11.4 Å². The molecule has 0 aliphatic carbocycles. The van der Waals surface area contributed by atoms with Crippen molar-refractivity contribution in [1.82, 2.24) is 10.2 Å². The van der Waals surface area contributed by atoms with E-state index in [2.05, 4.69) is 51.6 Å². The summed E-state index contributed by atoms with van der Waals surface area (Å²) >= 11 is 3.25. The van der Waals surface area contributed by atoms with E-state index in [1.165, 1.54) is 0 Å². The molecule has 0 radical (unpaired) electrons. The summed E-state index contributed by atoms with van der Waals surface area (Å²) in [5.74, 6) is 1.19. The lowest BCUT2D eigenvalue weighted by molar-refractivity contribution is 0.0955. The zero-order chi connectivity index (χ0) is 26.8. The SMILES string of the molecule is CCNc1cc(C(=O)CN2Cc3cc(N(C)C)c(C(=O)NC)cc3/C2=N/Br)cc(C(C)(C)C)c1OC. The Kier molecular flexibility index (Phi) is 8.33. The highest BCUT2D eigenvalue weighted by atomic mass is 79.9. The van der Waals surface area contributed by atoms with Gasteiger partial charge in [-0.2, -0.15) is 4.02 Å². The van der Waals surface area contributed by atoms with Gasteiger partial charge in [0.15, 0.2) is 5.78 Å². The van der Waals surface area contributed by atoms with Crippen LogP contribution in [0, 0.1) is 0 Å². The fourth-order valence-electron chi connectivity index (χ4n) is 4.49. The molecule has 0 unspecified atom stereocenters. The van der Waals surface area contributed by atoms with Crippen molar-refractivity contribution in [1.29, 1.82) is 0 Å². The summed E-state index contributed by atoms with van der Waals surface area (Å²) in [6, 6.07) is 7.64. The third kappa shape index (κ3) is 5.36. The molecule has 1 aliphatic rings. The van der Waals surface area contributed by atoms with Gasteiger partial charge in [0, 0.05) is 56.6 Å². The fraction of sp³-hybridized carbons (Fsp3) is 0.444. The average Bonchev–Trinajstić information content (AvgIpc) is 3.17. The molecule has 2 aromatic rings. The largest absolute Gasteiger partial charge is 0.494 e. The molecule has 0 saturated carbocycles. The van der Waals surface area contributed by atoms with Gasteiger partial charge in [-0.05, 0) is 42.2 Å². The Balaban J connectivity index is 1.99. The predicted molar refractivity (Wildman–Crippen MR) is 150 cm³/mol. The first-order valence-electron chi connectivity index (χ1n) is 12.0. The minimum Gasteiger partial charge on any atom is -0.494 e. The van der Waals surface area contributed by atoms with Crippen molar-refractivity contribution in [2.75, 3.05) is 51.6 Å². The quantitative estimate of drug-likeness (QED) is 0.461. The first-order valence-corrected chi connectivity index (χ1v) is 12.7. The third-order valence-corrected chi connectivity index (χ3v) is 6.62. The topological polar surface area (TPSA) is 86.3 Å². The smallest absolute Gasteiger partial charge is 0.253 e. The zero-order valence-electron chi connectivity index (χ0n) is 22.4. The normalized spacial score (nSPS) is 14.0. The molecule has 3 rings (SSSR count). The number of amidine groups is 1. The lowest BCUT2D eigenvalue weighted by atomic mass is 9.84. The number of carbonyl (C=O) groups is 2. The van der Waals surface area contributed by atoms with E-state index in [1.54, 1.807) is 14.2 Å². The van der Waals surface area contributed by atoms with Crippen LogP contribution >= 0.6 is 16.1 Å². The first-order chi connectivity index (χ1) is 17.0. The van der Waals surface area contributed by atoms with Gasteiger partial charge in [0.2, 0.25) is 0 Å². The summed E-state index contributed by atoms with van der Waals surface area (Å²) in [4.78, 5) is 30.0. The number of rotatable bonds is 8. The average molecular weight is 559 g/mol. The minimum absolute atomic E-state index is 0.0249. The van der Waals surface area contributed by atoms with Gasteiger partial charge in [0.05, 0.1) is 41.1 Å². The second-order valence-corrected chi connectivity index (χ2v) is 10.4. The lowest BCUT2D eigenvalue weighted by Gasteiger charge is -2.26. The van der Waals surface area contributed by atoms with Crippen molar-refractivity contribution in [3.05, 3.63) is 52.1 Å². The van der Waals surface area contributed by atoms with E-state index >= 15 is 0 Å². The van der Waals surface area contributed by atoms with Gasteiger partial charge in [-0.25, -0.2) is 0 Å².